The van der Waals surface area contributed by atoms with Crippen LogP contribution in [0.2, 0.25) is 0 Å². The van der Waals surface area contributed by atoms with Crippen molar-refractivity contribution in [3.05, 3.63) is 17.5 Å². The van der Waals surface area contributed by atoms with Gasteiger partial charge in [-0.25, -0.2) is 8.42 Å². The van der Waals surface area contributed by atoms with Crippen molar-refractivity contribution in [3.8, 4) is 0 Å². The molecule has 2 heterocycles. The Morgan fingerprint density at radius 1 is 1.33 bits per heavy atom. The lowest BCUT2D eigenvalue weighted by atomic mass is 10.2. The average Bonchev–Trinajstić information content (AvgIpc) is 3.01. The van der Waals surface area contributed by atoms with Gasteiger partial charge in [-0.1, -0.05) is 0 Å². The molecular weight excluding hydrogens is 459 g/mol. The molecule has 6 nitrogen and oxygen atoms in total. The van der Waals surface area contributed by atoms with E-state index in [9.17, 15) is 8.42 Å². The molecule has 1 aromatic rings. The molecule has 1 saturated heterocycles. The molecule has 1 aromatic heterocycles. The molecule has 2 rings (SSSR count). The molecule has 24 heavy (non-hydrogen) atoms. The minimum Gasteiger partial charge on any atom is -0.360 e. The first kappa shape index (κ1) is 21.5. The molecule has 1 N–H and O–H groups in total. The Morgan fingerprint density at radius 3 is 2.42 bits per heavy atom. The Hall–Kier alpha value is -0.550. The largest absolute Gasteiger partial charge is 0.360 e. The topological polar surface area (TPSA) is 65.0 Å². The van der Waals surface area contributed by atoms with Crippen molar-refractivity contribution < 1.29 is 8.42 Å². The number of thiophene rings is 1. The molecule has 0 unspecified atom stereocenters. The van der Waals surface area contributed by atoms with E-state index in [1.165, 1.54) is 11.3 Å². The van der Waals surface area contributed by atoms with Crippen LogP contribution in [-0.4, -0.2) is 70.1 Å². The van der Waals surface area contributed by atoms with Crippen LogP contribution in [0, 0.1) is 0 Å². The molecule has 0 radical (unpaired) electrons. The number of rotatable bonds is 4. The number of halogens is 1. The molecule has 0 bridgehead atoms. The minimum atomic E-state index is -3.12. The van der Waals surface area contributed by atoms with Crippen LogP contribution in [0.3, 0.4) is 0 Å². The van der Waals surface area contributed by atoms with Crippen molar-refractivity contribution >= 4 is 56.1 Å². The summed E-state index contributed by atoms with van der Waals surface area (Å²) in [6, 6.07) is 4.21. The predicted octanol–water partition coefficient (Wildman–Crippen LogP) is 1.89. The summed E-state index contributed by atoms with van der Waals surface area (Å²) in [5.41, 5.74) is 0. The van der Waals surface area contributed by atoms with Gasteiger partial charge in [-0.2, -0.15) is 0 Å². The number of anilines is 1. The third-order valence-corrected chi connectivity index (χ3v) is 7.37. The van der Waals surface area contributed by atoms with Crippen LogP contribution in [0.1, 0.15) is 13.8 Å². The number of guanidine groups is 1. The summed E-state index contributed by atoms with van der Waals surface area (Å²) in [6.45, 7) is 7.44. The number of hydrogen-bond donors (Lipinski definition) is 1. The van der Waals surface area contributed by atoms with Crippen molar-refractivity contribution in [2.75, 3.05) is 50.9 Å². The molecule has 1 aliphatic rings. The van der Waals surface area contributed by atoms with Crippen LogP contribution in [0.25, 0.3) is 0 Å². The monoisotopic (exact) mass is 486 g/mol. The second kappa shape index (κ2) is 8.70. The minimum absolute atomic E-state index is 0. The molecule has 0 spiro atoms. The maximum atomic E-state index is 11.8. The van der Waals surface area contributed by atoms with Crippen LogP contribution in [-0.2, 0) is 9.84 Å². The first-order valence-electron chi connectivity index (χ1n) is 7.68. The van der Waals surface area contributed by atoms with E-state index in [2.05, 4.69) is 37.6 Å². The third-order valence-electron chi connectivity index (χ3n) is 4.28. The van der Waals surface area contributed by atoms with Gasteiger partial charge in [0.05, 0.1) is 9.75 Å². The number of nitrogens with zero attached hydrogens (tertiary/aromatic N) is 3. The Morgan fingerprint density at radius 2 is 1.96 bits per heavy atom. The van der Waals surface area contributed by atoms with E-state index in [4.69, 9.17) is 0 Å². The van der Waals surface area contributed by atoms with Crippen LogP contribution in [0.4, 0.5) is 5.00 Å². The molecule has 0 aromatic carbocycles. The van der Waals surface area contributed by atoms with Crippen molar-refractivity contribution in [1.29, 1.82) is 0 Å². The van der Waals surface area contributed by atoms with Crippen molar-refractivity contribution in [1.82, 2.24) is 10.2 Å². The number of nitrogens with one attached hydrogen (secondary N) is 1. The van der Waals surface area contributed by atoms with E-state index in [1.54, 1.807) is 32.2 Å². The van der Waals surface area contributed by atoms with E-state index in [1.807, 2.05) is 0 Å². The van der Waals surface area contributed by atoms with Gasteiger partial charge in [0.15, 0.2) is 15.8 Å². The second-order valence-electron chi connectivity index (χ2n) is 6.36. The SMILES string of the molecule is CN=C(NCC(C)(C)S(C)(=O)=O)N1CCN(c2cccs2)CC1.I. The lowest BCUT2D eigenvalue weighted by molar-refractivity contribution is 0.371. The summed E-state index contributed by atoms with van der Waals surface area (Å²) in [5.74, 6) is 0.771. The highest BCUT2D eigenvalue weighted by Crippen LogP contribution is 2.22. The van der Waals surface area contributed by atoms with E-state index >= 15 is 0 Å². The highest BCUT2D eigenvalue weighted by Gasteiger charge is 2.31. The Bertz CT molecular complexity index is 636. The van der Waals surface area contributed by atoms with E-state index in [-0.39, 0.29) is 24.0 Å². The molecule has 0 saturated carbocycles. The van der Waals surface area contributed by atoms with E-state index in [0.29, 0.717) is 6.54 Å². The maximum Gasteiger partial charge on any atom is 0.193 e. The summed E-state index contributed by atoms with van der Waals surface area (Å²) in [5, 5.41) is 6.61. The molecule has 0 atom stereocenters. The zero-order valence-electron chi connectivity index (χ0n) is 14.7. The van der Waals surface area contributed by atoms with Gasteiger partial charge in [0.25, 0.3) is 0 Å². The lowest BCUT2D eigenvalue weighted by Crippen LogP contribution is -2.54. The third kappa shape index (κ3) is 5.22. The zero-order chi connectivity index (χ0) is 17.1. The quantitative estimate of drug-likeness (QED) is 0.400. The summed E-state index contributed by atoms with van der Waals surface area (Å²) in [4.78, 5) is 8.86. The summed E-state index contributed by atoms with van der Waals surface area (Å²) >= 11 is 1.76. The Kier molecular flexibility index (Phi) is 7.79. The fraction of sp³-hybridized carbons (Fsp3) is 0.667. The zero-order valence-corrected chi connectivity index (χ0v) is 18.6. The summed E-state index contributed by atoms with van der Waals surface area (Å²) < 4.78 is 22.8. The van der Waals surface area contributed by atoms with Gasteiger partial charge in [-0.3, -0.25) is 4.99 Å². The number of hydrogen-bond acceptors (Lipinski definition) is 5. The Labute approximate surface area is 166 Å². The molecule has 1 aliphatic heterocycles. The summed E-state index contributed by atoms with van der Waals surface area (Å²) in [7, 11) is -1.38. The van der Waals surface area contributed by atoms with Crippen molar-refractivity contribution in [2.45, 2.75) is 18.6 Å². The van der Waals surface area contributed by atoms with Gasteiger partial charge in [-0.15, -0.1) is 35.3 Å². The predicted molar refractivity (Wildman–Crippen MR) is 114 cm³/mol. The number of piperazine rings is 1. The first-order valence-corrected chi connectivity index (χ1v) is 10.5. The molecule has 1 fully saturated rings. The number of sulfone groups is 1. The van der Waals surface area contributed by atoms with Gasteiger partial charge in [0, 0.05) is 46.0 Å². The standard InChI is InChI=1S/C15H26N4O2S2.HI/c1-15(2,23(4,20)21)12-17-14(16-3)19-9-7-18(8-10-19)13-6-5-11-22-13;/h5-6,11H,7-10,12H2,1-4H3,(H,16,17);1H. The second-order valence-corrected chi connectivity index (χ2v) is 9.93. The van der Waals surface area contributed by atoms with Crippen molar-refractivity contribution in [2.24, 2.45) is 4.99 Å². The first-order chi connectivity index (χ1) is 10.7. The highest BCUT2D eigenvalue weighted by atomic mass is 127. The molecule has 138 valence electrons. The van der Waals surface area contributed by atoms with Gasteiger partial charge in [0.1, 0.15) is 0 Å². The van der Waals surface area contributed by atoms with Gasteiger partial charge < -0.3 is 15.1 Å². The van der Waals surface area contributed by atoms with Crippen LogP contribution < -0.4 is 10.2 Å². The smallest absolute Gasteiger partial charge is 0.193 e. The average molecular weight is 486 g/mol. The fourth-order valence-corrected chi connectivity index (χ4v) is 3.46. The lowest BCUT2D eigenvalue weighted by Gasteiger charge is -2.37. The van der Waals surface area contributed by atoms with Gasteiger partial charge >= 0.3 is 0 Å². The van der Waals surface area contributed by atoms with Crippen LogP contribution in [0.15, 0.2) is 22.5 Å². The number of aliphatic imine (C=N–C) groups is 1. The van der Waals surface area contributed by atoms with Crippen LogP contribution >= 0.6 is 35.3 Å². The molecular formula is C15H27IN4O2S2. The normalized spacial score (nSPS) is 16.8. The molecule has 9 heteroatoms. The van der Waals surface area contributed by atoms with Gasteiger partial charge in [-0.05, 0) is 31.4 Å². The molecule has 0 aliphatic carbocycles. The maximum absolute atomic E-state index is 11.8. The van der Waals surface area contributed by atoms with Crippen molar-refractivity contribution in [3.63, 3.8) is 0 Å². The summed E-state index contributed by atoms with van der Waals surface area (Å²) in [6.07, 6.45) is 1.28. The Balaban J connectivity index is 0.00000288. The highest BCUT2D eigenvalue weighted by molar-refractivity contribution is 14.0. The fourth-order valence-electron chi connectivity index (χ4n) is 2.34. The van der Waals surface area contributed by atoms with Crippen LogP contribution in [0.5, 0.6) is 0 Å². The van der Waals surface area contributed by atoms with E-state index in [0.717, 1.165) is 32.1 Å². The van der Waals surface area contributed by atoms with E-state index < -0.39 is 14.6 Å². The molecule has 0 amide bonds. The van der Waals surface area contributed by atoms with Gasteiger partial charge in [0.2, 0.25) is 0 Å².